The number of aliphatic hydroxyl groups excluding tert-OH is 1. The molecule has 7 atom stereocenters. The van der Waals surface area contributed by atoms with Gasteiger partial charge in [-0.25, -0.2) is 0 Å². The number of rotatable bonds is 6. The number of nitrogens with two attached hydrogens (primary N) is 1. The Morgan fingerprint density at radius 1 is 1.14 bits per heavy atom. The van der Waals surface area contributed by atoms with Crippen LogP contribution in [0.15, 0.2) is 35.9 Å². The van der Waals surface area contributed by atoms with Gasteiger partial charge in [0.2, 0.25) is 5.78 Å². The first kappa shape index (κ1) is 26.1. The van der Waals surface area contributed by atoms with E-state index in [1.54, 1.807) is 12.1 Å². The third-order valence-corrected chi connectivity index (χ3v) is 10.5. The SMILES string of the molecule is C[C@]12CCC(=O)C=C1CC[C@@H]1[C@@H]2[C@@H](O)C[C@@]2(C)[C@H]1CC[C@]2(O)C(=O)COC(=O)CCc1ccccc1N. The molecule has 0 saturated heterocycles. The van der Waals surface area contributed by atoms with E-state index in [9.17, 15) is 24.6 Å². The normalized spacial score (nSPS) is 38.7. The zero-order valence-electron chi connectivity index (χ0n) is 21.9. The third kappa shape index (κ3) is 4.15. The number of carbonyl (C=O) groups is 3. The largest absolute Gasteiger partial charge is 0.458 e. The number of Topliss-reactive ketones (excluding diaryl/α,β-unsaturated/α-hetero) is 1. The topological polar surface area (TPSA) is 127 Å². The number of esters is 1. The molecule has 0 unspecified atom stereocenters. The maximum Gasteiger partial charge on any atom is 0.306 e. The molecule has 4 aliphatic rings. The van der Waals surface area contributed by atoms with Crippen LogP contribution in [-0.2, 0) is 25.5 Å². The van der Waals surface area contributed by atoms with Gasteiger partial charge >= 0.3 is 5.97 Å². The number of aryl methyl sites for hydroxylation is 1. The van der Waals surface area contributed by atoms with Crippen LogP contribution < -0.4 is 5.73 Å². The van der Waals surface area contributed by atoms with Crippen LogP contribution in [0.3, 0.4) is 0 Å². The lowest BCUT2D eigenvalue weighted by molar-refractivity contribution is -0.184. The summed E-state index contributed by atoms with van der Waals surface area (Å²) >= 11 is 0. The van der Waals surface area contributed by atoms with E-state index in [0.29, 0.717) is 37.8 Å². The van der Waals surface area contributed by atoms with Gasteiger partial charge in [0.1, 0.15) is 5.60 Å². The van der Waals surface area contributed by atoms with Crippen LogP contribution in [0.4, 0.5) is 5.69 Å². The van der Waals surface area contributed by atoms with Gasteiger partial charge in [0.15, 0.2) is 12.4 Å². The molecule has 0 heterocycles. The molecular formula is C30H39NO6. The van der Waals surface area contributed by atoms with E-state index >= 15 is 0 Å². The summed E-state index contributed by atoms with van der Waals surface area (Å²) < 4.78 is 5.31. The van der Waals surface area contributed by atoms with Crippen LogP contribution in [0.2, 0.25) is 0 Å². The Kier molecular flexibility index (Phi) is 6.60. The fraction of sp³-hybridized carbons (Fsp3) is 0.633. The molecule has 7 heteroatoms. The van der Waals surface area contributed by atoms with Crippen molar-refractivity contribution < 1.29 is 29.3 Å². The maximum atomic E-state index is 13.4. The van der Waals surface area contributed by atoms with Gasteiger partial charge in [0.05, 0.1) is 6.10 Å². The van der Waals surface area contributed by atoms with Gasteiger partial charge in [0, 0.05) is 23.9 Å². The lowest BCUT2D eigenvalue weighted by atomic mass is 9.45. The maximum absolute atomic E-state index is 13.4. The van der Waals surface area contributed by atoms with Crippen molar-refractivity contribution in [2.75, 3.05) is 12.3 Å². The quantitative estimate of drug-likeness (QED) is 0.395. The number of nitrogen functional groups attached to an aromatic ring is 1. The van der Waals surface area contributed by atoms with Crippen LogP contribution in [0.5, 0.6) is 0 Å². The minimum absolute atomic E-state index is 0.0133. The van der Waals surface area contributed by atoms with Gasteiger partial charge in [-0.3, -0.25) is 14.4 Å². The van der Waals surface area contributed by atoms with Crippen molar-refractivity contribution in [3.8, 4) is 0 Å². The molecule has 4 aliphatic carbocycles. The predicted molar refractivity (Wildman–Crippen MR) is 138 cm³/mol. The van der Waals surface area contributed by atoms with Crippen molar-refractivity contribution in [3.63, 3.8) is 0 Å². The molecule has 0 spiro atoms. The lowest BCUT2D eigenvalue weighted by Crippen LogP contribution is -2.62. The fourth-order valence-corrected chi connectivity index (χ4v) is 8.49. The van der Waals surface area contributed by atoms with Crippen molar-refractivity contribution in [1.29, 1.82) is 0 Å². The summed E-state index contributed by atoms with van der Waals surface area (Å²) in [4.78, 5) is 37.8. The van der Waals surface area contributed by atoms with E-state index in [1.165, 1.54) is 0 Å². The smallest absolute Gasteiger partial charge is 0.306 e. The van der Waals surface area contributed by atoms with E-state index in [-0.39, 0.29) is 35.4 Å². The molecule has 0 amide bonds. The van der Waals surface area contributed by atoms with Crippen LogP contribution in [0, 0.1) is 28.6 Å². The number of ether oxygens (including phenoxy) is 1. The van der Waals surface area contributed by atoms with Crippen molar-refractivity contribution in [3.05, 3.63) is 41.5 Å². The molecule has 37 heavy (non-hydrogen) atoms. The molecule has 3 fully saturated rings. The minimum atomic E-state index is -1.65. The molecule has 0 aliphatic heterocycles. The van der Waals surface area contributed by atoms with E-state index in [2.05, 4.69) is 6.92 Å². The Hall–Kier alpha value is -2.51. The van der Waals surface area contributed by atoms with Crippen molar-refractivity contribution >= 4 is 23.2 Å². The van der Waals surface area contributed by atoms with Crippen LogP contribution in [0.1, 0.15) is 70.8 Å². The van der Waals surface area contributed by atoms with E-state index in [4.69, 9.17) is 10.5 Å². The van der Waals surface area contributed by atoms with E-state index < -0.39 is 35.5 Å². The number of hydrogen-bond donors (Lipinski definition) is 3. The summed E-state index contributed by atoms with van der Waals surface area (Å²) in [5, 5.41) is 23.3. The molecular weight excluding hydrogens is 470 g/mol. The van der Waals surface area contributed by atoms with Gasteiger partial charge in [-0.05, 0) is 85.8 Å². The first-order chi connectivity index (χ1) is 17.5. The summed E-state index contributed by atoms with van der Waals surface area (Å²) in [7, 11) is 0. The van der Waals surface area contributed by atoms with Crippen LogP contribution >= 0.6 is 0 Å². The van der Waals surface area contributed by atoms with Crippen molar-refractivity contribution in [2.24, 2.45) is 28.6 Å². The van der Waals surface area contributed by atoms with E-state index in [0.717, 1.165) is 30.4 Å². The number of para-hydroxylation sites is 1. The zero-order valence-corrected chi connectivity index (χ0v) is 21.9. The fourth-order valence-electron chi connectivity index (χ4n) is 8.49. The molecule has 7 nitrogen and oxygen atoms in total. The Labute approximate surface area is 218 Å². The Morgan fingerprint density at radius 3 is 2.65 bits per heavy atom. The molecule has 1 aromatic carbocycles. The number of allylic oxidation sites excluding steroid dienone is 1. The monoisotopic (exact) mass is 509 g/mol. The molecule has 0 radical (unpaired) electrons. The number of benzene rings is 1. The second kappa shape index (κ2) is 9.35. The second-order valence-electron chi connectivity index (χ2n) is 12.3. The predicted octanol–water partition coefficient (Wildman–Crippen LogP) is 3.55. The highest BCUT2D eigenvalue weighted by Gasteiger charge is 2.68. The highest BCUT2D eigenvalue weighted by Crippen LogP contribution is 2.67. The van der Waals surface area contributed by atoms with Gasteiger partial charge in [-0.15, -0.1) is 0 Å². The molecule has 200 valence electrons. The highest BCUT2D eigenvalue weighted by molar-refractivity contribution is 5.92. The average Bonchev–Trinajstić information content (AvgIpc) is 3.13. The first-order valence-corrected chi connectivity index (χ1v) is 13.7. The van der Waals surface area contributed by atoms with Crippen LogP contribution in [-0.4, -0.2) is 46.1 Å². The molecule has 5 rings (SSSR count). The number of hydrogen-bond acceptors (Lipinski definition) is 7. The summed E-state index contributed by atoms with van der Waals surface area (Å²) in [5.74, 6) is -0.549. The summed E-state index contributed by atoms with van der Waals surface area (Å²) in [6.45, 7) is 3.64. The number of ketones is 2. The van der Waals surface area contributed by atoms with Gasteiger partial charge in [-0.1, -0.05) is 37.6 Å². The van der Waals surface area contributed by atoms with Crippen molar-refractivity contribution in [2.45, 2.75) is 83.3 Å². The second-order valence-corrected chi connectivity index (χ2v) is 12.3. The summed E-state index contributed by atoms with van der Waals surface area (Å²) in [6, 6.07) is 7.31. The molecule has 3 saturated carbocycles. The Bertz CT molecular complexity index is 1140. The van der Waals surface area contributed by atoms with Crippen molar-refractivity contribution in [1.82, 2.24) is 0 Å². The Balaban J connectivity index is 1.27. The van der Waals surface area contributed by atoms with E-state index in [1.807, 2.05) is 25.1 Å². The third-order valence-electron chi connectivity index (χ3n) is 10.5. The lowest BCUT2D eigenvalue weighted by Gasteiger charge is -2.60. The number of fused-ring (bicyclic) bond motifs is 5. The van der Waals surface area contributed by atoms with Crippen LogP contribution in [0.25, 0.3) is 0 Å². The first-order valence-electron chi connectivity index (χ1n) is 13.7. The van der Waals surface area contributed by atoms with Gasteiger partial charge < -0.3 is 20.7 Å². The zero-order chi connectivity index (χ0) is 26.6. The highest BCUT2D eigenvalue weighted by atomic mass is 16.5. The minimum Gasteiger partial charge on any atom is -0.458 e. The average molecular weight is 510 g/mol. The molecule has 1 aromatic rings. The number of carbonyl (C=O) groups excluding carboxylic acids is 3. The molecule has 0 bridgehead atoms. The summed E-state index contributed by atoms with van der Waals surface area (Å²) in [5.41, 5.74) is 5.89. The standard InChI is InChI=1S/C30H39NO6/c1-28-13-11-20(32)15-19(28)8-9-21-22-12-14-30(36,29(22,2)16-24(33)27(21)28)25(34)17-37-26(35)10-7-18-5-3-4-6-23(18)31/h3-6,15,21-22,24,27,33,36H,7-14,16-17,31H2,1-2H3/t21-,22-,24-,27+,28-,29-,30-/m0/s1. The summed E-state index contributed by atoms with van der Waals surface area (Å²) in [6.07, 6.45) is 5.87. The number of anilines is 1. The molecule has 0 aromatic heterocycles. The van der Waals surface area contributed by atoms with Gasteiger partial charge in [-0.2, -0.15) is 0 Å². The Morgan fingerprint density at radius 2 is 1.89 bits per heavy atom. The number of aliphatic hydroxyl groups is 2. The van der Waals surface area contributed by atoms with Gasteiger partial charge in [0.25, 0.3) is 0 Å². The molecule has 4 N–H and O–H groups in total.